The Morgan fingerprint density at radius 1 is 1.00 bits per heavy atom. The molecular formula is C17H36N2O2. The smallest absolute Gasteiger partial charge is 0.0793 e. The first kappa shape index (κ1) is 18.9. The van der Waals surface area contributed by atoms with Crippen LogP contribution in [0.15, 0.2) is 0 Å². The Morgan fingerprint density at radius 3 is 1.90 bits per heavy atom. The third-order valence-electron chi connectivity index (χ3n) is 3.44. The van der Waals surface area contributed by atoms with Gasteiger partial charge in [0.15, 0.2) is 0 Å². The lowest BCUT2D eigenvalue weighted by Gasteiger charge is -2.37. The van der Waals surface area contributed by atoms with Crippen LogP contribution in [0, 0.1) is 10.8 Å². The van der Waals surface area contributed by atoms with Crippen molar-refractivity contribution in [3.05, 3.63) is 0 Å². The van der Waals surface area contributed by atoms with E-state index in [4.69, 9.17) is 4.74 Å². The molecule has 0 aromatic carbocycles. The fraction of sp³-hybridized carbons (Fsp3) is 1.00. The Balaban J connectivity index is 2.49. The third kappa shape index (κ3) is 9.46. The van der Waals surface area contributed by atoms with Crippen molar-refractivity contribution in [3.63, 3.8) is 0 Å². The molecule has 21 heavy (non-hydrogen) atoms. The van der Waals surface area contributed by atoms with Crippen molar-refractivity contribution in [2.24, 2.45) is 10.8 Å². The van der Waals surface area contributed by atoms with E-state index >= 15 is 0 Å². The van der Waals surface area contributed by atoms with Crippen LogP contribution in [-0.4, -0.2) is 73.5 Å². The minimum Gasteiger partial charge on any atom is -0.390 e. The van der Waals surface area contributed by atoms with E-state index in [1.807, 2.05) is 0 Å². The van der Waals surface area contributed by atoms with Gasteiger partial charge in [0.25, 0.3) is 0 Å². The lowest BCUT2D eigenvalue weighted by atomic mass is 9.92. The van der Waals surface area contributed by atoms with Crippen LogP contribution in [0.4, 0.5) is 0 Å². The van der Waals surface area contributed by atoms with Crippen LogP contribution in [0.1, 0.15) is 41.5 Å². The molecule has 1 aliphatic heterocycles. The molecule has 1 N–H and O–H groups in total. The van der Waals surface area contributed by atoms with Crippen LogP contribution in [0.25, 0.3) is 0 Å². The van der Waals surface area contributed by atoms with Crippen LogP contribution in [-0.2, 0) is 4.74 Å². The van der Waals surface area contributed by atoms with E-state index in [1.165, 1.54) is 0 Å². The van der Waals surface area contributed by atoms with Crippen molar-refractivity contribution in [1.29, 1.82) is 0 Å². The average molecular weight is 300 g/mol. The van der Waals surface area contributed by atoms with Crippen LogP contribution in [0.2, 0.25) is 0 Å². The quantitative estimate of drug-likeness (QED) is 0.815. The standard InChI is InChI=1S/C17H36N2O2/c1-16(2,3)13-19(14-17(4,5)6)12-15(20)11-18-7-9-21-10-8-18/h15,20H,7-14H2,1-6H3. The largest absolute Gasteiger partial charge is 0.390 e. The molecule has 1 aliphatic rings. The van der Waals surface area contributed by atoms with E-state index in [0.717, 1.165) is 52.5 Å². The van der Waals surface area contributed by atoms with Gasteiger partial charge in [-0.1, -0.05) is 41.5 Å². The summed E-state index contributed by atoms with van der Waals surface area (Å²) in [5.41, 5.74) is 0.508. The van der Waals surface area contributed by atoms with Gasteiger partial charge >= 0.3 is 0 Å². The van der Waals surface area contributed by atoms with Crippen LogP contribution >= 0.6 is 0 Å². The van der Waals surface area contributed by atoms with E-state index in [2.05, 4.69) is 51.3 Å². The Kier molecular flexibility index (Phi) is 7.11. The minimum atomic E-state index is -0.284. The zero-order chi connectivity index (χ0) is 16.1. The summed E-state index contributed by atoms with van der Waals surface area (Å²) in [4.78, 5) is 4.73. The highest BCUT2D eigenvalue weighted by Gasteiger charge is 2.24. The molecule has 1 heterocycles. The zero-order valence-corrected chi connectivity index (χ0v) is 15.0. The van der Waals surface area contributed by atoms with Gasteiger partial charge in [-0.15, -0.1) is 0 Å². The molecule has 0 spiro atoms. The number of β-amino-alcohol motifs (C(OH)–C–C–N with tert-alkyl or cyclic N) is 1. The van der Waals surface area contributed by atoms with Crippen LogP contribution in [0.5, 0.6) is 0 Å². The molecule has 0 amide bonds. The number of aliphatic hydroxyl groups excluding tert-OH is 1. The van der Waals surface area contributed by atoms with Crippen molar-refractivity contribution in [3.8, 4) is 0 Å². The van der Waals surface area contributed by atoms with Gasteiger partial charge in [-0.2, -0.15) is 0 Å². The molecule has 1 saturated heterocycles. The summed E-state index contributed by atoms with van der Waals surface area (Å²) in [5, 5.41) is 10.4. The number of nitrogens with zero attached hydrogens (tertiary/aromatic N) is 2. The topological polar surface area (TPSA) is 35.9 Å². The summed E-state index contributed by atoms with van der Waals surface area (Å²) in [6, 6.07) is 0. The highest BCUT2D eigenvalue weighted by molar-refractivity contribution is 4.78. The van der Waals surface area contributed by atoms with Crippen molar-refractivity contribution >= 4 is 0 Å². The monoisotopic (exact) mass is 300 g/mol. The normalized spacial score (nSPS) is 20.0. The summed E-state index contributed by atoms with van der Waals surface area (Å²) in [6.45, 7) is 20.6. The maximum Gasteiger partial charge on any atom is 0.0793 e. The van der Waals surface area contributed by atoms with Crippen molar-refractivity contribution in [1.82, 2.24) is 9.80 Å². The minimum absolute atomic E-state index is 0.254. The molecule has 1 atom stereocenters. The number of aliphatic hydroxyl groups is 1. The Labute approximate surface area is 131 Å². The first-order chi connectivity index (χ1) is 9.55. The lowest BCUT2D eigenvalue weighted by Crippen LogP contribution is -2.47. The van der Waals surface area contributed by atoms with E-state index in [1.54, 1.807) is 0 Å². The second-order valence-corrected chi connectivity index (χ2v) is 8.86. The molecule has 0 aromatic heterocycles. The Hall–Kier alpha value is -0.160. The van der Waals surface area contributed by atoms with Gasteiger partial charge in [-0.3, -0.25) is 9.80 Å². The SMILES string of the molecule is CC(C)(C)CN(CC(O)CN1CCOCC1)CC(C)(C)C. The van der Waals surface area contributed by atoms with Gasteiger partial charge in [0.1, 0.15) is 0 Å². The Morgan fingerprint density at radius 2 is 1.48 bits per heavy atom. The predicted molar refractivity (Wildman–Crippen MR) is 88.6 cm³/mol. The average Bonchev–Trinajstić information content (AvgIpc) is 2.24. The molecule has 0 bridgehead atoms. The fourth-order valence-corrected chi connectivity index (χ4v) is 2.96. The summed E-state index contributed by atoms with van der Waals surface area (Å²) in [5.74, 6) is 0. The maximum absolute atomic E-state index is 10.4. The number of rotatable bonds is 6. The number of ether oxygens (including phenoxy) is 1. The summed E-state index contributed by atoms with van der Waals surface area (Å²) >= 11 is 0. The van der Waals surface area contributed by atoms with Crippen molar-refractivity contribution in [2.75, 3.05) is 52.5 Å². The second kappa shape index (κ2) is 7.91. The van der Waals surface area contributed by atoms with Gasteiger partial charge < -0.3 is 9.84 Å². The molecule has 0 radical (unpaired) electrons. The highest BCUT2D eigenvalue weighted by Crippen LogP contribution is 2.21. The highest BCUT2D eigenvalue weighted by atomic mass is 16.5. The molecule has 1 unspecified atom stereocenters. The summed E-state index contributed by atoms with van der Waals surface area (Å²) in [6.07, 6.45) is -0.284. The molecule has 0 aliphatic carbocycles. The zero-order valence-electron chi connectivity index (χ0n) is 15.0. The maximum atomic E-state index is 10.4. The molecule has 126 valence electrons. The summed E-state index contributed by atoms with van der Waals surface area (Å²) < 4.78 is 5.36. The van der Waals surface area contributed by atoms with E-state index in [9.17, 15) is 5.11 Å². The van der Waals surface area contributed by atoms with Gasteiger partial charge in [0.05, 0.1) is 19.3 Å². The van der Waals surface area contributed by atoms with Gasteiger partial charge in [-0.05, 0) is 10.8 Å². The molecular weight excluding hydrogens is 264 g/mol. The first-order valence-electron chi connectivity index (χ1n) is 8.26. The molecule has 4 heteroatoms. The molecule has 1 fully saturated rings. The summed E-state index contributed by atoms with van der Waals surface area (Å²) in [7, 11) is 0. The first-order valence-corrected chi connectivity index (χ1v) is 8.26. The van der Waals surface area contributed by atoms with E-state index in [-0.39, 0.29) is 16.9 Å². The van der Waals surface area contributed by atoms with E-state index in [0.29, 0.717) is 0 Å². The van der Waals surface area contributed by atoms with Crippen molar-refractivity contribution in [2.45, 2.75) is 47.6 Å². The van der Waals surface area contributed by atoms with Crippen molar-refractivity contribution < 1.29 is 9.84 Å². The fourth-order valence-electron chi connectivity index (χ4n) is 2.96. The van der Waals surface area contributed by atoms with Gasteiger partial charge in [-0.25, -0.2) is 0 Å². The van der Waals surface area contributed by atoms with Crippen LogP contribution < -0.4 is 0 Å². The number of hydrogen-bond donors (Lipinski definition) is 1. The second-order valence-electron chi connectivity index (χ2n) is 8.86. The number of morpholine rings is 1. The van der Waals surface area contributed by atoms with E-state index < -0.39 is 0 Å². The molecule has 0 aromatic rings. The Bertz CT molecular complexity index is 272. The molecule has 0 saturated carbocycles. The van der Waals surface area contributed by atoms with Crippen LogP contribution in [0.3, 0.4) is 0 Å². The van der Waals surface area contributed by atoms with Gasteiger partial charge in [0, 0.05) is 39.3 Å². The third-order valence-corrected chi connectivity index (χ3v) is 3.44. The predicted octanol–water partition coefficient (Wildman–Crippen LogP) is 2.07. The molecule has 4 nitrogen and oxygen atoms in total. The number of hydrogen-bond acceptors (Lipinski definition) is 4. The van der Waals surface area contributed by atoms with Gasteiger partial charge in [0.2, 0.25) is 0 Å². The lowest BCUT2D eigenvalue weighted by molar-refractivity contribution is 0.00127. The molecule has 1 rings (SSSR count).